The van der Waals surface area contributed by atoms with Crippen molar-refractivity contribution in [2.24, 2.45) is 5.92 Å². The smallest absolute Gasteiger partial charge is 0.328 e. The topological polar surface area (TPSA) is 102 Å². The number of unbranched alkanes of at least 4 members (excludes halogenated alkanes) is 1. The molecule has 9 nitrogen and oxygen atoms in total. The van der Waals surface area contributed by atoms with Gasteiger partial charge in [0, 0.05) is 24.6 Å². The molecule has 38 heavy (non-hydrogen) atoms. The number of aromatic nitrogens is 4. The third-order valence-corrected chi connectivity index (χ3v) is 8.54. The summed E-state index contributed by atoms with van der Waals surface area (Å²) in [5, 5.41) is 0.222. The molecule has 0 spiro atoms. The second-order valence-corrected chi connectivity index (χ2v) is 10.8. The third kappa shape index (κ3) is 5.12. The van der Waals surface area contributed by atoms with E-state index in [0.717, 1.165) is 57.0 Å². The Kier molecular flexibility index (Phi) is 8.89. The van der Waals surface area contributed by atoms with E-state index in [1.807, 2.05) is 18.2 Å². The van der Waals surface area contributed by atoms with Crippen LogP contribution in [0.4, 0.5) is 0 Å². The fourth-order valence-electron chi connectivity index (χ4n) is 5.56. The van der Waals surface area contributed by atoms with E-state index in [-0.39, 0.29) is 35.5 Å². The van der Waals surface area contributed by atoms with E-state index in [2.05, 4.69) is 19.9 Å². The van der Waals surface area contributed by atoms with Crippen LogP contribution in [0, 0.1) is 5.92 Å². The van der Waals surface area contributed by atoms with Gasteiger partial charge in [-0.2, -0.15) is 0 Å². The van der Waals surface area contributed by atoms with E-state index >= 15 is 0 Å². The SMILES string of the molecule is COc1cccc2c1[C@H]1CCN(CCCCn3c(=O)[nH]c4c(sc5ncc(Cl)nc54)c3=O)C[C@@H]1CO2.Cl.Cl. The average molecular weight is 601 g/mol. The Morgan fingerprint density at radius 1 is 1.24 bits per heavy atom. The number of fused-ring (bicyclic) bond motifs is 6. The van der Waals surface area contributed by atoms with Gasteiger partial charge in [-0.05, 0) is 50.4 Å². The summed E-state index contributed by atoms with van der Waals surface area (Å²) in [7, 11) is 1.71. The van der Waals surface area contributed by atoms with Gasteiger partial charge >= 0.3 is 5.69 Å². The monoisotopic (exact) mass is 599 g/mol. The molecule has 2 atom stereocenters. The summed E-state index contributed by atoms with van der Waals surface area (Å²) >= 11 is 7.17. The van der Waals surface area contributed by atoms with E-state index < -0.39 is 5.69 Å². The molecule has 13 heteroatoms. The largest absolute Gasteiger partial charge is 0.496 e. The van der Waals surface area contributed by atoms with Gasteiger partial charge in [-0.3, -0.25) is 9.36 Å². The summed E-state index contributed by atoms with van der Waals surface area (Å²) in [5.41, 5.74) is 1.34. The van der Waals surface area contributed by atoms with Crippen LogP contribution in [0.5, 0.6) is 11.5 Å². The Morgan fingerprint density at radius 2 is 2.05 bits per heavy atom. The molecule has 2 aliphatic rings. The zero-order chi connectivity index (χ0) is 24.8. The molecule has 4 aromatic rings. The van der Waals surface area contributed by atoms with Gasteiger partial charge in [0.15, 0.2) is 0 Å². The normalized spacial score (nSPS) is 18.7. The fourth-order valence-corrected chi connectivity index (χ4v) is 6.69. The number of nitrogens with zero attached hydrogens (tertiary/aromatic N) is 4. The number of nitrogens with one attached hydrogen (secondary N) is 1. The number of piperidine rings is 1. The predicted octanol–water partition coefficient (Wildman–Crippen LogP) is 4.48. The summed E-state index contributed by atoms with van der Waals surface area (Å²) in [4.78, 5) is 40.0. The third-order valence-electron chi connectivity index (χ3n) is 7.28. The van der Waals surface area contributed by atoms with Gasteiger partial charge in [0.25, 0.3) is 5.56 Å². The number of rotatable bonds is 6. The molecule has 0 aliphatic carbocycles. The van der Waals surface area contributed by atoms with E-state index in [0.29, 0.717) is 38.9 Å². The van der Waals surface area contributed by atoms with Gasteiger partial charge in [0.05, 0.1) is 25.4 Å². The molecule has 0 amide bonds. The first-order valence-electron chi connectivity index (χ1n) is 12.1. The van der Waals surface area contributed by atoms with Gasteiger partial charge in [-0.1, -0.05) is 17.7 Å². The lowest BCUT2D eigenvalue weighted by Gasteiger charge is -2.42. The van der Waals surface area contributed by atoms with Gasteiger partial charge in [0.1, 0.15) is 31.7 Å². The van der Waals surface area contributed by atoms with Crippen molar-refractivity contribution >= 4 is 68.3 Å². The van der Waals surface area contributed by atoms with Crippen LogP contribution in [0.1, 0.15) is 30.7 Å². The molecule has 0 bridgehead atoms. The zero-order valence-electron chi connectivity index (χ0n) is 20.6. The van der Waals surface area contributed by atoms with Crippen molar-refractivity contribution in [2.75, 3.05) is 33.4 Å². The minimum Gasteiger partial charge on any atom is -0.496 e. The molecule has 0 radical (unpaired) electrons. The maximum Gasteiger partial charge on any atom is 0.328 e. The first kappa shape index (κ1) is 28.6. The quantitative estimate of drug-likeness (QED) is 0.326. The van der Waals surface area contributed by atoms with Crippen molar-refractivity contribution in [3.8, 4) is 11.5 Å². The minimum atomic E-state index is -0.429. The Labute approximate surface area is 240 Å². The second-order valence-electron chi connectivity index (χ2n) is 9.39. The Hall–Kier alpha value is -2.37. The number of halogens is 3. The average Bonchev–Trinajstić information content (AvgIpc) is 3.25. The molecular weight excluding hydrogens is 573 g/mol. The number of hydrogen-bond acceptors (Lipinski definition) is 8. The number of ether oxygens (including phenoxy) is 2. The zero-order valence-corrected chi connectivity index (χ0v) is 23.9. The number of likely N-dealkylation sites (tertiary alicyclic amines) is 1. The van der Waals surface area contributed by atoms with Crippen LogP contribution in [0.3, 0.4) is 0 Å². The first-order chi connectivity index (χ1) is 17.5. The van der Waals surface area contributed by atoms with Crippen molar-refractivity contribution in [1.82, 2.24) is 24.4 Å². The highest BCUT2D eigenvalue weighted by molar-refractivity contribution is 7.25. The summed E-state index contributed by atoms with van der Waals surface area (Å²) in [6, 6.07) is 6.02. The molecule has 2 aliphatic heterocycles. The van der Waals surface area contributed by atoms with Crippen molar-refractivity contribution in [3.05, 3.63) is 56.0 Å². The van der Waals surface area contributed by atoms with Crippen LogP contribution in [0.2, 0.25) is 5.15 Å². The molecule has 0 saturated carbocycles. The number of thiophene rings is 1. The minimum absolute atomic E-state index is 0. The van der Waals surface area contributed by atoms with Gasteiger partial charge in [-0.25, -0.2) is 14.8 Å². The molecule has 1 saturated heterocycles. The standard InChI is InChI=1S/C25H26ClN5O4S.2ClH/c1-34-16-5-4-6-17-19(16)15-7-10-30(12-14(15)13-35-17)8-2-3-9-31-24(32)22-20(29-25(31)33)21-23(36-22)27-11-18(26)28-21;;/h4-6,11,14-15H,2-3,7-10,12-13H2,1H3,(H,29,33);2*1H/t14-,15+;;/m1../s1. The van der Waals surface area contributed by atoms with Gasteiger partial charge < -0.3 is 19.4 Å². The molecular formula is C25H28Cl3N5O4S. The van der Waals surface area contributed by atoms with Crippen LogP contribution in [-0.2, 0) is 6.54 Å². The van der Waals surface area contributed by atoms with E-state index in [1.54, 1.807) is 7.11 Å². The molecule has 5 heterocycles. The molecule has 6 rings (SSSR count). The Balaban J connectivity index is 0.00000168. The first-order valence-corrected chi connectivity index (χ1v) is 13.3. The highest BCUT2D eigenvalue weighted by Gasteiger charge is 2.37. The lowest BCUT2D eigenvalue weighted by atomic mass is 9.78. The van der Waals surface area contributed by atoms with E-state index in [1.165, 1.54) is 27.7 Å². The highest BCUT2D eigenvalue weighted by atomic mass is 35.5. The van der Waals surface area contributed by atoms with Crippen LogP contribution in [0.15, 0.2) is 34.0 Å². The van der Waals surface area contributed by atoms with Crippen molar-refractivity contribution in [1.29, 1.82) is 0 Å². The van der Waals surface area contributed by atoms with Crippen molar-refractivity contribution < 1.29 is 9.47 Å². The molecule has 3 aromatic heterocycles. The summed E-state index contributed by atoms with van der Waals surface area (Å²) < 4.78 is 13.4. The maximum atomic E-state index is 13.0. The van der Waals surface area contributed by atoms with Gasteiger partial charge in [0.2, 0.25) is 0 Å². The number of aromatic amines is 1. The fraction of sp³-hybridized carbons (Fsp3) is 0.440. The molecule has 1 N–H and O–H groups in total. The summed E-state index contributed by atoms with van der Waals surface area (Å²) in [6.45, 7) is 3.99. The van der Waals surface area contributed by atoms with Crippen molar-refractivity contribution in [3.63, 3.8) is 0 Å². The van der Waals surface area contributed by atoms with Crippen LogP contribution >= 0.6 is 47.8 Å². The Morgan fingerprint density at radius 3 is 2.87 bits per heavy atom. The van der Waals surface area contributed by atoms with E-state index in [9.17, 15) is 9.59 Å². The molecule has 0 unspecified atom stereocenters. The molecule has 204 valence electrons. The van der Waals surface area contributed by atoms with E-state index in [4.69, 9.17) is 21.1 Å². The number of methoxy groups -OCH3 is 1. The predicted molar refractivity (Wildman–Crippen MR) is 154 cm³/mol. The molecule has 1 aromatic carbocycles. The maximum absolute atomic E-state index is 13.0. The van der Waals surface area contributed by atoms with Crippen LogP contribution < -0.4 is 20.7 Å². The number of H-pyrrole nitrogens is 1. The highest BCUT2D eigenvalue weighted by Crippen LogP contribution is 2.46. The Bertz CT molecular complexity index is 1560. The van der Waals surface area contributed by atoms with Crippen LogP contribution in [-0.4, -0.2) is 57.8 Å². The number of benzene rings is 1. The lowest BCUT2D eigenvalue weighted by molar-refractivity contribution is 0.0902. The summed E-state index contributed by atoms with van der Waals surface area (Å²) in [6.07, 6.45) is 4.13. The number of hydrogen-bond donors (Lipinski definition) is 1. The van der Waals surface area contributed by atoms with Gasteiger partial charge in [-0.15, -0.1) is 36.2 Å². The second kappa shape index (κ2) is 11.8. The van der Waals surface area contributed by atoms with Crippen molar-refractivity contribution in [2.45, 2.75) is 31.7 Å². The lowest BCUT2D eigenvalue weighted by Crippen LogP contribution is -2.44. The van der Waals surface area contributed by atoms with Crippen LogP contribution in [0.25, 0.3) is 20.6 Å². The molecule has 1 fully saturated rings. The summed E-state index contributed by atoms with van der Waals surface area (Å²) in [5.74, 6) is 2.74.